The van der Waals surface area contributed by atoms with E-state index in [0.717, 1.165) is 19.3 Å². The van der Waals surface area contributed by atoms with Crippen LogP contribution in [0.1, 0.15) is 32.6 Å². The van der Waals surface area contributed by atoms with E-state index in [9.17, 15) is 14.7 Å². The van der Waals surface area contributed by atoms with Crippen molar-refractivity contribution in [3.8, 4) is 0 Å². The highest BCUT2D eigenvalue weighted by Crippen LogP contribution is 2.49. The van der Waals surface area contributed by atoms with Crippen LogP contribution in [0.3, 0.4) is 0 Å². The summed E-state index contributed by atoms with van der Waals surface area (Å²) in [6.45, 7) is 2.49. The number of hydrogen-bond donors (Lipinski definition) is 2. The van der Waals surface area contributed by atoms with E-state index >= 15 is 0 Å². The number of hydrogen-bond acceptors (Lipinski definition) is 3. The quantitative estimate of drug-likeness (QED) is 0.733. The zero-order valence-electron chi connectivity index (χ0n) is 10.0. The predicted molar refractivity (Wildman–Crippen MR) is 60.3 cm³/mol. The number of carboxylic acid groups (broad SMARTS) is 1. The lowest BCUT2D eigenvalue weighted by atomic mass is 10.1. The molecular formula is C12H19NO4. The van der Waals surface area contributed by atoms with Gasteiger partial charge in [0.25, 0.3) is 5.91 Å². The summed E-state index contributed by atoms with van der Waals surface area (Å²) >= 11 is 0. The maximum absolute atomic E-state index is 11.9. The van der Waals surface area contributed by atoms with Crippen molar-refractivity contribution in [1.29, 1.82) is 0 Å². The maximum atomic E-state index is 11.9. The third-order valence-corrected chi connectivity index (χ3v) is 3.80. The molecule has 0 aromatic rings. The zero-order valence-corrected chi connectivity index (χ0v) is 10.0. The van der Waals surface area contributed by atoms with Gasteiger partial charge in [-0.05, 0) is 24.7 Å². The van der Waals surface area contributed by atoms with E-state index in [-0.39, 0.29) is 5.92 Å². The van der Waals surface area contributed by atoms with Crippen LogP contribution in [0.5, 0.6) is 0 Å². The maximum Gasteiger partial charge on any atom is 0.326 e. The summed E-state index contributed by atoms with van der Waals surface area (Å²) in [4.78, 5) is 24.4. The van der Waals surface area contributed by atoms with Gasteiger partial charge >= 0.3 is 5.97 Å². The first-order valence-electron chi connectivity index (χ1n) is 6.27. The molecule has 1 unspecified atom stereocenters. The highest BCUT2D eigenvalue weighted by molar-refractivity contribution is 5.87. The van der Waals surface area contributed by atoms with Crippen LogP contribution in [0.2, 0.25) is 0 Å². The van der Waals surface area contributed by atoms with Gasteiger partial charge in [0, 0.05) is 6.54 Å². The van der Waals surface area contributed by atoms with E-state index in [1.165, 1.54) is 4.90 Å². The molecule has 0 radical (unpaired) electrons. The number of carbonyl (C=O) groups excluding carboxylic acids is 1. The summed E-state index contributed by atoms with van der Waals surface area (Å²) < 4.78 is 0. The van der Waals surface area contributed by atoms with Crippen LogP contribution < -0.4 is 0 Å². The molecule has 2 rings (SSSR count). The van der Waals surface area contributed by atoms with E-state index in [4.69, 9.17) is 5.11 Å². The number of carbonyl (C=O) groups is 2. The molecule has 1 heterocycles. The highest BCUT2D eigenvalue weighted by Gasteiger charge is 2.57. The number of aliphatic carboxylic acids is 1. The summed E-state index contributed by atoms with van der Waals surface area (Å²) in [5.74, 6) is -0.877. The Bertz CT molecular complexity index is 330. The fourth-order valence-electron chi connectivity index (χ4n) is 2.72. The van der Waals surface area contributed by atoms with Gasteiger partial charge in [-0.25, -0.2) is 4.79 Å². The number of carboxylic acids is 1. The second kappa shape index (κ2) is 4.64. The lowest BCUT2D eigenvalue weighted by Gasteiger charge is -2.26. The molecule has 1 aliphatic carbocycles. The molecule has 1 saturated heterocycles. The minimum absolute atomic E-state index is 0.120. The first-order valence-corrected chi connectivity index (χ1v) is 6.27. The fourth-order valence-corrected chi connectivity index (χ4v) is 2.72. The summed E-state index contributed by atoms with van der Waals surface area (Å²) in [5.41, 5.74) is 0. The smallest absolute Gasteiger partial charge is 0.326 e. The molecule has 0 bridgehead atoms. The first-order chi connectivity index (χ1) is 8.06. The lowest BCUT2D eigenvalue weighted by molar-refractivity contribution is -0.153. The minimum atomic E-state index is -1.03. The van der Waals surface area contributed by atoms with Crippen molar-refractivity contribution in [3.05, 3.63) is 0 Å². The van der Waals surface area contributed by atoms with Crippen LogP contribution in [0.4, 0.5) is 0 Å². The molecule has 2 fully saturated rings. The Morgan fingerprint density at radius 1 is 1.47 bits per heavy atom. The third kappa shape index (κ3) is 2.29. The highest BCUT2D eigenvalue weighted by atomic mass is 16.4. The van der Waals surface area contributed by atoms with Gasteiger partial charge in [-0.15, -0.1) is 0 Å². The molecule has 1 amide bonds. The van der Waals surface area contributed by atoms with E-state index < -0.39 is 24.0 Å². The van der Waals surface area contributed by atoms with Gasteiger partial charge in [0.2, 0.25) is 0 Å². The Labute approximate surface area is 100 Å². The zero-order chi connectivity index (χ0) is 12.6. The normalized spacial score (nSPS) is 32.1. The lowest BCUT2D eigenvalue weighted by Crippen LogP contribution is -2.47. The van der Waals surface area contributed by atoms with Crippen molar-refractivity contribution < 1.29 is 19.8 Å². The molecule has 2 N–H and O–H groups in total. The van der Waals surface area contributed by atoms with Crippen molar-refractivity contribution in [2.24, 2.45) is 11.8 Å². The molecule has 2 aliphatic rings. The molecule has 0 aromatic carbocycles. The van der Waals surface area contributed by atoms with Gasteiger partial charge in [-0.1, -0.05) is 19.8 Å². The number of piperidine rings is 1. The first kappa shape index (κ1) is 12.4. The Kier molecular flexibility index (Phi) is 3.38. The van der Waals surface area contributed by atoms with Gasteiger partial charge in [0.15, 0.2) is 0 Å². The topological polar surface area (TPSA) is 77.8 Å². The molecule has 1 saturated carbocycles. The predicted octanol–water partition coefficient (Wildman–Crippen LogP) is 0.469. The summed E-state index contributed by atoms with van der Waals surface area (Å²) in [6, 6.07) is -0.705. The van der Waals surface area contributed by atoms with Crippen LogP contribution in [0.15, 0.2) is 0 Å². The molecular weight excluding hydrogens is 222 g/mol. The van der Waals surface area contributed by atoms with Crippen molar-refractivity contribution >= 4 is 11.9 Å². The van der Waals surface area contributed by atoms with Crippen molar-refractivity contribution in [2.75, 3.05) is 6.54 Å². The van der Waals surface area contributed by atoms with Crippen LogP contribution in [0, 0.1) is 11.8 Å². The molecule has 0 spiro atoms. The molecule has 5 heteroatoms. The molecule has 4 atom stereocenters. The third-order valence-electron chi connectivity index (χ3n) is 3.80. The molecule has 5 nitrogen and oxygen atoms in total. The molecule has 96 valence electrons. The average molecular weight is 241 g/mol. The second-order valence-corrected chi connectivity index (χ2v) is 5.09. The van der Waals surface area contributed by atoms with Crippen LogP contribution in [0.25, 0.3) is 0 Å². The Morgan fingerprint density at radius 3 is 2.76 bits per heavy atom. The molecule has 1 aliphatic heterocycles. The number of rotatable bonds is 5. The number of aliphatic hydroxyl groups is 1. The van der Waals surface area contributed by atoms with Gasteiger partial charge in [0.05, 0.1) is 0 Å². The average Bonchev–Trinajstić information content (AvgIpc) is 2.95. The Morgan fingerprint density at radius 2 is 2.18 bits per heavy atom. The van der Waals surface area contributed by atoms with Gasteiger partial charge in [-0.2, -0.15) is 0 Å². The van der Waals surface area contributed by atoms with Crippen LogP contribution in [-0.2, 0) is 9.59 Å². The molecule has 17 heavy (non-hydrogen) atoms. The summed E-state index contributed by atoms with van der Waals surface area (Å²) in [6.07, 6.45) is 2.00. The number of aliphatic hydroxyl groups excluding tert-OH is 1. The van der Waals surface area contributed by atoms with Crippen molar-refractivity contribution in [3.63, 3.8) is 0 Å². The standard InChI is InChI=1S/C12H19NO4/c1-2-3-4-9(14)11(15)13-6-7-5-8(7)10(13)12(16)17/h7-10,14H,2-6H2,1H3,(H,16,17)/t7-,8-,9?,10-/m0/s1. The van der Waals surface area contributed by atoms with Crippen molar-refractivity contribution in [2.45, 2.75) is 44.8 Å². The Balaban J connectivity index is 1.97. The van der Waals surface area contributed by atoms with Gasteiger partial charge in [0.1, 0.15) is 12.1 Å². The Hall–Kier alpha value is -1.10. The van der Waals surface area contributed by atoms with Crippen LogP contribution >= 0.6 is 0 Å². The number of fused-ring (bicyclic) bond motifs is 1. The van der Waals surface area contributed by atoms with E-state index in [0.29, 0.717) is 18.9 Å². The van der Waals surface area contributed by atoms with Gasteiger partial charge < -0.3 is 15.1 Å². The van der Waals surface area contributed by atoms with E-state index in [1.54, 1.807) is 0 Å². The van der Waals surface area contributed by atoms with Gasteiger partial charge in [-0.3, -0.25) is 4.79 Å². The second-order valence-electron chi connectivity index (χ2n) is 5.09. The summed E-state index contributed by atoms with van der Waals surface area (Å²) in [7, 11) is 0. The number of amides is 1. The van der Waals surface area contributed by atoms with Crippen LogP contribution in [-0.4, -0.2) is 45.7 Å². The monoisotopic (exact) mass is 241 g/mol. The fraction of sp³-hybridized carbons (Fsp3) is 0.833. The van der Waals surface area contributed by atoms with E-state index in [1.807, 2.05) is 6.92 Å². The molecule has 0 aromatic heterocycles. The van der Waals surface area contributed by atoms with E-state index in [2.05, 4.69) is 0 Å². The largest absolute Gasteiger partial charge is 0.480 e. The SMILES string of the molecule is CCCCC(O)C(=O)N1C[C@@H]2C[C@@H]2[C@H]1C(=O)O. The number of unbranched alkanes of at least 4 members (excludes halogenated alkanes) is 1. The number of likely N-dealkylation sites (tertiary alicyclic amines) is 1. The number of nitrogens with zero attached hydrogens (tertiary/aromatic N) is 1. The van der Waals surface area contributed by atoms with Crippen molar-refractivity contribution in [1.82, 2.24) is 4.90 Å². The summed E-state index contributed by atoms with van der Waals surface area (Å²) in [5, 5.41) is 18.8. The minimum Gasteiger partial charge on any atom is -0.480 e.